The maximum Gasteiger partial charge on any atom is 0.123 e. The van der Waals surface area contributed by atoms with Crippen LogP contribution < -0.4 is 0 Å². The Kier molecular flexibility index (Phi) is 1.60. The van der Waals surface area contributed by atoms with Crippen LogP contribution in [0.3, 0.4) is 0 Å². The van der Waals surface area contributed by atoms with Gasteiger partial charge < -0.3 is 0 Å². The molecule has 0 bridgehead atoms. The van der Waals surface area contributed by atoms with Crippen LogP contribution in [0, 0.1) is 0 Å². The van der Waals surface area contributed by atoms with E-state index in [0.717, 1.165) is 12.0 Å². The molecule has 0 radical (unpaired) electrons. The van der Waals surface area contributed by atoms with Gasteiger partial charge in [0.25, 0.3) is 0 Å². The van der Waals surface area contributed by atoms with E-state index < -0.39 is 0 Å². The first-order valence-corrected chi connectivity index (χ1v) is 4.71. The van der Waals surface area contributed by atoms with Crippen LogP contribution in [-0.4, -0.2) is 5.26 Å². The number of benzene rings is 2. The molecule has 0 aliphatic heterocycles. The molecule has 2 heteroatoms. The molecular formula is C12H10O2. The van der Waals surface area contributed by atoms with Gasteiger partial charge in [0.15, 0.2) is 0 Å². The highest BCUT2D eigenvalue weighted by Crippen LogP contribution is 2.40. The third-order valence-electron chi connectivity index (χ3n) is 2.92. The van der Waals surface area contributed by atoms with Crippen LogP contribution in [0.25, 0.3) is 10.8 Å². The van der Waals surface area contributed by atoms with Crippen LogP contribution in [-0.2, 0) is 11.3 Å². The van der Waals surface area contributed by atoms with Crippen LogP contribution in [0.15, 0.2) is 36.4 Å². The van der Waals surface area contributed by atoms with Crippen molar-refractivity contribution in [3.8, 4) is 0 Å². The highest BCUT2D eigenvalue weighted by Gasteiger charge is 2.28. The molecule has 2 nitrogen and oxygen atoms in total. The zero-order valence-corrected chi connectivity index (χ0v) is 7.60. The van der Waals surface area contributed by atoms with Gasteiger partial charge in [0.05, 0.1) is 0 Å². The molecule has 0 amide bonds. The summed E-state index contributed by atoms with van der Waals surface area (Å²) in [5, 5.41) is 11.1. The van der Waals surface area contributed by atoms with Crippen LogP contribution in [0.1, 0.15) is 17.2 Å². The van der Waals surface area contributed by atoms with Gasteiger partial charge >= 0.3 is 0 Å². The summed E-state index contributed by atoms with van der Waals surface area (Å²) in [6.45, 7) is 0. The van der Waals surface area contributed by atoms with Crippen molar-refractivity contribution in [2.24, 2.45) is 0 Å². The molecule has 0 saturated carbocycles. The predicted octanol–water partition coefficient (Wildman–Crippen LogP) is 2.93. The summed E-state index contributed by atoms with van der Waals surface area (Å²) in [6.07, 6.45) is 0.688. The number of hydrogen-bond donors (Lipinski definition) is 1. The molecule has 2 aromatic carbocycles. The molecular weight excluding hydrogens is 176 g/mol. The molecule has 0 spiro atoms. The monoisotopic (exact) mass is 186 g/mol. The molecule has 0 aromatic heterocycles. The first-order chi connectivity index (χ1) is 6.90. The van der Waals surface area contributed by atoms with Gasteiger partial charge in [-0.2, -0.15) is 0 Å². The van der Waals surface area contributed by atoms with Crippen LogP contribution in [0.2, 0.25) is 0 Å². The van der Waals surface area contributed by atoms with Crippen molar-refractivity contribution in [3.63, 3.8) is 0 Å². The van der Waals surface area contributed by atoms with Crippen molar-refractivity contribution < 1.29 is 10.1 Å². The molecule has 1 N–H and O–H groups in total. The van der Waals surface area contributed by atoms with Gasteiger partial charge in [0.1, 0.15) is 6.10 Å². The molecule has 0 saturated heterocycles. The number of rotatable bonds is 1. The number of hydrogen-bond acceptors (Lipinski definition) is 2. The van der Waals surface area contributed by atoms with Crippen molar-refractivity contribution >= 4 is 10.8 Å². The fourth-order valence-corrected chi connectivity index (χ4v) is 2.16. The fraction of sp³-hybridized carbons (Fsp3) is 0.167. The Morgan fingerprint density at radius 2 is 2.00 bits per heavy atom. The van der Waals surface area contributed by atoms with Gasteiger partial charge in [-0.1, -0.05) is 36.4 Å². The number of fused-ring (bicyclic) bond motifs is 3. The molecule has 3 rings (SSSR count). The van der Waals surface area contributed by atoms with E-state index in [0.29, 0.717) is 0 Å². The van der Waals surface area contributed by atoms with E-state index in [1.807, 2.05) is 12.1 Å². The Balaban J connectivity index is 2.31. The van der Waals surface area contributed by atoms with Crippen molar-refractivity contribution in [1.82, 2.24) is 0 Å². The molecule has 0 fully saturated rings. The minimum Gasteiger partial charge on any atom is -0.251 e. The lowest BCUT2D eigenvalue weighted by molar-refractivity contribution is -0.286. The van der Waals surface area contributed by atoms with E-state index in [-0.39, 0.29) is 6.10 Å². The van der Waals surface area contributed by atoms with E-state index in [2.05, 4.69) is 29.2 Å². The van der Waals surface area contributed by atoms with Gasteiger partial charge in [-0.05, 0) is 21.9 Å². The van der Waals surface area contributed by atoms with Crippen LogP contribution in [0.4, 0.5) is 0 Å². The minimum absolute atomic E-state index is 0.129. The van der Waals surface area contributed by atoms with E-state index >= 15 is 0 Å². The van der Waals surface area contributed by atoms with Crippen molar-refractivity contribution in [1.29, 1.82) is 0 Å². The molecule has 0 heterocycles. The Morgan fingerprint density at radius 3 is 2.86 bits per heavy atom. The topological polar surface area (TPSA) is 29.5 Å². The van der Waals surface area contributed by atoms with E-state index in [1.165, 1.54) is 16.3 Å². The maximum atomic E-state index is 8.69. The maximum absolute atomic E-state index is 8.69. The van der Waals surface area contributed by atoms with Crippen molar-refractivity contribution in [3.05, 3.63) is 47.5 Å². The summed E-state index contributed by atoms with van der Waals surface area (Å²) in [4.78, 5) is 4.42. The normalized spacial score (nSPS) is 19.1. The highest BCUT2D eigenvalue weighted by molar-refractivity contribution is 5.88. The average Bonchev–Trinajstić information content (AvgIpc) is 2.18. The van der Waals surface area contributed by atoms with Gasteiger partial charge in [-0.3, -0.25) is 5.26 Å². The molecule has 2 aromatic rings. The molecule has 14 heavy (non-hydrogen) atoms. The molecule has 1 unspecified atom stereocenters. The SMILES string of the molecule is OOC1Cc2ccc3ccccc3c21. The van der Waals surface area contributed by atoms with Crippen molar-refractivity contribution in [2.75, 3.05) is 0 Å². The Labute approximate surface area is 81.7 Å². The lowest BCUT2D eigenvalue weighted by atomic mass is 9.82. The summed E-state index contributed by atoms with van der Waals surface area (Å²) in [6, 6.07) is 12.4. The second-order valence-corrected chi connectivity index (χ2v) is 3.66. The third kappa shape index (κ3) is 0.924. The highest BCUT2D eigenvalue weighted by atomic mass is 17.1. The van der Waals surface area contributed by atoms with Gasteiger partial charge in [-0.25, -0.2) is 4.89 Å². The molecule has 1 aliphatic carbocycles. The second-order valence-electron chi connectivity index (χ2n) is 3.66. The van der Waals surface area contributed by atoms with Gasteiger partial charge in [-0.15, -0.1) is 0 Å². The zero-order valence-electron chi connectivity index (χ0n) is 7.60. The quantitative estimate of drug-likeness (QED) is 0.548. The second kappa shape index (κ2) is 2.80. The Hall–Kier alpha value is -1.38. The smallest absolute Gasteiger partial charge is 0.123 e. The van der Waals surface area contributed by atoms with Gasteiger partial charge in [0.2, 0.25) is 0 Å². The zero-order chi connectivity index (χ0) is 9.54. The summed E-state index contributed by atoms with van der Waals surface area (Å²) in [5.41, 5.74) is 2.42. The first kappa shape index (κ1) is 7.97. The lowest BCUT2D eigenvalue weighted by Crippen LogP contribution is -2.19. The average molecular weight is 186 g/mol. The summed E-state index contributed by atoms with van der Waals surface area (Å²) < 4.78 is 0. The standard InChI is InChI=1S/C12H10O2/c13-14-11-7-9-6-5-8-3-1-2-4-10(8)12(9)11/h1-6,11,13H,7H2. The van der Waals surface area contributed by atoms with E-state index in [9.17, 15) is 0 Å². The van der Waals surface area contributed by atoms with Crippen LogP contribution >= 0.6 is 0 Å². The lowest BCUT2D eigenvalue weighted by Gasteiger charge is -2.28. The van der Waals surface area contributed by atoms with E-state index in [1.54, 1.807) is 0 Å². The Morgan fingerprint density at radius 1 is 1.14 bits per heavy atom. The Bertz CT molecular complexity index is 491. The predicted molar refractivity (Wildman–Crippen MR) is 54.1 cm³/mol. The third-order valence-corrected chi connectivity index (χ3v) is 2.92. The first-order valence-electron chi connectivity index (χ1n) is 4.71. The van der Waals surface area contributed by atoms with Crippen molar-refractivity contribution in [2.45, 2.75) is 12.5 Å². The fourth-order valence-electron chi connectivity index (χ4n) is 2.16. The summed E-state index contributed by atoms with van der Waals surface area (Å²) in [5.74, 6) is 0. The molecule has 1 aliphatic rings. The van der Waals surface area contributed by atoms with Crippen LogP contribution in [0.5, 0.6) is 0 Å². The summed E-state index contributed by atoms with van der Waals surface area (Å²) in [7, 11) is 0. The molecule has 1 atom stereocenters. The van der Waals surface area contributed by atoms with E-state index in [4.69, 9.17) is 5.26 Å². The van der Waals surface area contributed by atoms with Gasteiger partial charge in [0, 0.05) is 6.42 Å². The largest absolute Gasteiger partial charge is 0.251 e. The summed E-state index contributed by atoms with van der Waals surface area (Å²) >= 11 is 0. The molecule has 70 valence electrons. The minimum atomic E-state index is -0.129.